The normalized spacial score (nSPS) is 13.7. The second kappa shape index (κ2) is 9.93. The zero-order chi connectivity index (χ0) is 23.3. The van der Waals surface area contributed by atoms with Gasteiger partial charge in [0.1, 0.15) is 19.0 Å². The molecule has 1 atom stereocenters. The molecule has 1 aliphatic rings. The summed E-state index contributed by atoms with van der Waals surface area (Å²) in [4.78, 5) is 12.3. The van der Waals surface area contributed by atoms with Crippen LogP contribution in [-0.4, -0.2) is 34.1 Å². The summed E-state index contributed by atoms with van der Waals surface area (Å²) >= 11 is 0. The molecule has 0 unspecified atom stereocenters. The van der Waals surface area contributed by atoms with Gasteiger partial charge in [0.25, 0.3) is 5.91 Å². The molecule has 0 saturated carbocycles. The van der Waals surface area contributed by atoms with Gasteiger partial charge in [-0.05, 0) is 48.9 Å². The highest BCUT2D eigenvalue weighted by Gasteiger charge is 2.18. The first-order valence-corrected chi connectivity index (χ1v) is 11.9. The third kappa shape index (κ3) is 5.82. The number of hydrogen-bond acceptors (Lipinski definition) is 6. The maximum Gasteiger partial charge on any atom is 0.262 e. The lowest BCUT2D eigenvalue weighted by molar-refractivity contribution is -0.118. The molecule has 2 N–H and O–H groups in total. The number of ether oxygens (including phenoxy) is 3. The number of benzene rings is 3. The Balaban J connectivity index is 1.31. The van der Waals surface area contributed by atoms with Crippen LogP contribution in [0, 0.1) is 0 Å². The van der Waals surface area contributed by atoms with E-state index in [1.807, 2.05) is 30.3 Å². The molecule has 9 heteroatoms. The molecule has 33 heavy (non-hydrogen) atoms. The van der Waals surface area contributed by atoms with Crippen LogP contribution in [0.3, 0.4) is 0 Å². The Labute approximate surface area is 192 Å². The Morgan fingerprint density at radius 1 is 0.970 bits per heavy atom. The molecule has 0 aliphatic carbocycles. The Morgan fingerprint density at radius 2 is 1.67 bits per heavy atom. The van der Waals surface area contributed by atoms with Crippen molar-refractivity contribution in [1.82, 2.24) is 4.72 Å². The van der Waals surface area contributed by atoms with Gasteiger partial charge in [-0.15, -0.1) is 0 Å². The second-order valence-electron chi connectivity index (χ2n) is 7.42. The number of sulfonamides is 1. The monoisotopic (exact) mass is 468 g/mol. The van der Waals surface area contributed by atoms with E-state index < -0.39 is 10.0 Å². The zero-order valence-electron chi connectivity index (χ0n) is 18.0. The Kier molecular flexibility index (Phi) is 6.81. The first-order valence-electron chi connectivity index (χ1n) is 10.4. The molecule has 0 aromatic heterocycles. The van der Waals surface area contributed by atoms with Crippen LogP contribution in [0.15, 0.2) is 77.7 Å². The number of carbonyl (C=O) groups excluding carboxylic acids is 1. The van der Waals surface area contributed by atoms with Crippen LogP contribution < -0.4 is 24.2 Å². The quantitative estimate of drug-likeness (QED) is 0.524. The molecule has 4 rings (SSSR count). The van der Waals surface area contributed by atoms with Crippen molar-refractivity contribution in [2.75, 3.05) is 25.1 Å². The molecule has 0 bridgehead atoms. The Bertz CT molecular complexity index is 1210. The SMILES string of the molecule is C[C@H](NS(=O)(=O)c1ccc(OCC(=O)Nc2ccc3c(c2)OCCO3)cc1)c1ccccc1. The summed E-state index contributed by atoms with van der Waals surface area (Å²) in [6, 6.07) is 20.0. The minimum atomic E-state index is -3.71. The van der Waals surface area contributed by atoms with E-state index in [4.69, 9.17) is 14.2 Å². The van der Waals surface area contributed by atoms with Crippen molar-refractivity contribution in [2.24, 2.45) is 0 Å². The molecule has 3 aromatic carbocycles. The van der Waals surface area contributed by atoms with Gasteiger partial charge in [0.2, 0.25) is 10.0 Å². The summed E-state index contributed by atoms with van der Waals surface area (Å²) in [6.07, 6.45) is 0. The van der Waals surface area contributed by atoms with Crippen LogP contribution in [0.5, 0.6) is 17.2 Å². The molecule has 0 spiro atoms. The second-order valence-corrected chi connectivity index (χ2v) is 9.13. The van der Waals surface area contributed by atoms with Crippen LogP contribution >= 0.6 is 0 Å². The van der Waals surface area contributed by atoms with E-state index in [2.05, 4.69) is 10.0 Å². The summed E-state index contributed by atoms with van der Waals surface area (Å²) in [6.45, 7) is 2.50. The lowest BCUT2D eigenvalue weighted by atomic mass is 10.1. The minimum Gasteiger partial charge on any atom is -0.486 e. The van der Waals surface area contributed by atoms with Gasteiger partial charge in [0.05, 0.1) is 4.90 Å². The minimum absolute atomic E-state index is 0.110. The summed E-state index contributed by atoms with van der Waals surface area (Å²) in [5.41, 5.74) is 1.43. The van der Waals surface area contributed by atoms with Gasteiger partial charge >= 0.3 is 0 Å². The van der Waals surface area contributed by atoms with E-state index in [9.17, 15) is 13.2 Å². The topological polar surface area (TPSA) is 103 Å². The lowest BCUT2D eigenvalue weighted by Gasteiger charge is -2.19. The molecule has 0 radical (unpaired) electrons. The van der Waals surface area contributed by atoms with Gasteiger partial charge in [-0.2, -0.15) is 0 Å². The number of anilines is 1. The van der Waals surface area contributed by atoms with Gasteiger partial charge in [0.15, 0.2) is 18.1 Å². The highest BCUT2D eigenvalue weighted by molar-refractivity contribution is 7.89. The average Bonchev–Trinajstić information content (AvgIpc) is 2.83. The van der Waals surface area contributed by atoms with E-state index in [0.29, 0.717) is 36.1 Å². The van der Waals surface area contributed by atoms with E-state index in [1.54, 1.807) is 25.1 Å². The third-order valence-corrected chi connectivity index (χ3v) is 6.52. The number of hydrogen-bond donors (Lipinski definition) is 2. The molecular formula is C24H24N2O6S. The molecule has 0 fully saturated rings. The van der Waals surface area contributed by atoms with Crippen LogP contribution in [0.1, 0.15) is 18.5 Å². The molecule has 0 saturated heterocycles. The predicted molar refractivity (Wildman–Crippen MR) is 123 cm³/mol. The van der Waals surface area contributed by atoms with Crippen LogP contribution in [0.4, 0.5) is 5.69 Å². The average molecular weight is 469 g/mol. The first kappa shape index (κ1) is 22.6. The zero-order valence-corrected chi connectivity index (χ0v) is 18.8. The molecule has 172 valence electrons. The predicted octanol–water partition coefficient (Wildman–Crippen LogP) is 3.51. The van der Waals surface area contributed by atoms with Gasteiger partial charge in [-0.1, -0.05) is 30.3 Å². The Hall–Kier alpha value is -3.56. The van der Waals surface area contributed by atoms with Crippen molar-refractivity contribution < 1.29 is 27.4 Å². The van der Waals surface area contributed by atoms with E-state index in [1.165, 1.54) is 24.3 Å². The standard InChI is InChI=1S/C24H24N2O6S/c1-17(18-5-3-2-4-6-18)26-33(28,29)21-10-8-20(9-11-21)32-16-24(27)25-19-7-12-22-23(15-19)31-14-13-30-22/h2-12,15,17,26H,13-14,16H2,1H3,(H,25,27)/t17-/m0/s1. The number of carbonyl (C=O) groups is 1. The van der Waals surface area contributed by atoms with Crippen molar-refractivity contribution in [1.29, 1.82) is 0 Å². The van der Waals surface area contributed by atoms with Crippen molar-refractivity contribution >= 4 is 21.6 Å². The van der Waals surface area contributed by atoms with Gasteiger partial charge in [0, 0.05) is 17.8 Å². The van der Waals surface area contributed by atoms with Crippen LogP contribution in [-0.2, 0) is 14.8 Å². The summed E-state index contributed by atoms with van der Waals surface area (Å²) in [5, 5.41) is 2.73. The van der Waals surface area contributed by atoms with Crippen molar-refractivity contribution in [3.05, 3.63) is 78.4 Å². The maximum atomic E-state index is 12.7. The molecule has 3 aromatic rings. The first-order chi connectivity index (χ1) is 15.9. The highest BCUT2D eigenvalue weighted by Crippen LogP contribution is 2.32. The number of rotatable bonds is 8. The van der Waals surface area contributed by atoms with E-state index >= 15 is 0 Å². The van der Waals surface area contributed by atoms with E-state index in [0.717, 1.165) is 5.56 Å². The number of amides is 1. The van der Waals surface area contributed by atoms with Crippen molar-refractivity contribution in [2.45, 2.75) is 17.9 Å². The fourth-order valence-corrected chi connectivity index (χ4v) is 4.52. The van der Waals surface area contributed by atoms with Gasteiger partial charge in [-0.3, -0.25) is 4.79 Å². The maximum absolute atomic E-state index is 12.7. The summed E-state index contributed by atoms with van der Waals surface area (Å²) in [5.74, 6) is 1.23. The highest BCUT2D eigenvalue weighted by atomic mass is 32.2. The molecule has 1 aliphatic heterocycles. The van der Waals surface area contributed by atoms with Crippen molar-refractivity contribution in [3.8, 4) is 17.2 Å². The molecule has 8 nitrogen and oxygen atoms in total. The fraction of sp³-hybridized carbons (Fsp3) is 0.208. The Morgan fingerprint density at radius 3 is 2.39 bits per heavy atom. The van der Waals surface area contributed by atoms with Crippen LogP contribution in [0.2, 0.25) is 0 Å². The van der Waals surface area contributed by atoms with Gasteiger partial charge < -0.3 is 19.5 Å². The number of nitrogens with one attached hydrogen (secondary N) is 2. The third-order valence-electron chi connectivity index (χ3n) is 4.96. The lowest BCUT2D eigenvalue weighted by Crippen LogP contribution is -2.26. The van der Waals surface area contributed by atoms with E-state index in [-0.39, 0.29) is 23.5 Å². The summed E-state index contributed by atoms with van der Waals surface area (Å²) < 4.78 is 44.4. The molecule has 1 amide bonds. The number of fused-ring (bicyclic) bond motifs is 1. The molecular weight excluding hydrogens is 444 g/mol. The van der Waals surface area contributed by atoms with Gasteiger partial charge in [-0.25, -0.2) is 13.1 Å². The molecule has 1 heterocycles. The smallest absolute Gasteiger partial charge is 0.262 e. The largest absolute Gasteiger partial charge is 0.486 e. The summed E-state index contributed by atoms with van der Waals surface area (Å²) in [7, 11) is -3.71. The van der Waals surface area contributed by atoms with Crippen LogP contribution in [0.25, 0.3) is 0 Å². The fourth-order valence-electron chi connectivity index (χ4n) is 3.29. The van der Waals surface area contributed by atoms with Crippen molar-refractivity contribution in [3.63, 3.8) is 0 Å².